The molecule has 3 heteroatoms. The predicted molar refractivity (Wildman–Crippen MR) is 66.7 cm³/mol. The van der Waals surface area contributed by atoms with E-state index in [1.165, 1.54) is 45.2 Å². The Balaban J connectivity index is 1.76. The number of hydrogen-bond acceptors (Lipinski definition) is 3. The Labute approximate surface area is 99.5 Å². The van der Waals surface area contributed by atoms with Gasteiger partial charge < -0.3 is 10.1 Å². The van der Waals surface area contributed by atoms with Gasteiger partial charge in [0.1, 0.15) is 0 Å². The molecule has 1 saturated carbocycles. The molecule has 1 heterocycles. The molecule has 1 aliphatic carbocycles. The minimum Gasteiger partial charge on any atom is -0.383 e. The summed E-state index contributed by atoms with van der Waals surface area (Å²) < 4.78 is 5.16. The van der Waals surface area contributed by atoms with E-state index in [1.807, 2.05) is 0 Å². The first kappa shape index (κ1) is 12.3. The highest BCUT2D eigenvalue weighted by Crippen LogP contribution is 2.27. The quantitative estimate of drug-likeness (QED) is 0.786. The lowest BCUT2D eigenvalue weighted by molar-refractivity contribution is 0.106. The highest BCUT2D eigenvalue weighted by molar-refractivity contribution is 4.85. The van der Waals surface area contributed by atoms with Crippen LogP contribution >= 0.6 is 0 Å². The molecule has 1 unspecified atom stereocenters. The molecule has 2 aliphatic rings. The van der Waals surface area contributed by atoms with E-state index in [0.29, 0.717) is 0 Å². The van der Waals surface area contributed by atoms with Gasteiger partial charge in [0.25, 0.3) is 0 Å². The van der Waals surface area contributed by atoms with Crippen molar-refractivity contribution in [1.29, 1.82) is 0 Å². The van der Waals surface area contributed by atoms with Gasteiger partial charge in [0.15, 0.2) is 0 Å². The Bertz CT molecular complexity index is 192. The normalized spacial score (nSPS) is 29.4. The van der Waals surface area contributed by atoms with Crippen molar-refractivity contribution < 1.29 is 4.74 Å². The Hall–Kier alpha value is -0.120. The van der Waals surface area contributed by atoms with E-state index in [2.05, 4.69) is 10.2 Å². The second kappa shape index (κ2) is 6.58. The van der Waals surface area contributed by atoms with Crippen molar-refractivity contribution >= 4 is 0 Å². The van der Waals surface area contributed by atoms with Crippen LogP contribution in [0.3, 0.4) is 0 Å². The van der Waals surface area contributed by atoms with Crippen LogP contribution in [0.25, 0.3) is 0 Å². The summed E-state index contributed by atoms with van der Waals surface area (Å²) in [5, 5.41) is 3.71. The highest BCUT2D eigenvalue weighted by atomic mass is 16.5. The molecule has 0 bridgehead atoms. The lowest BCUT2D eigenvalue weighted by atomic mass is 9.83. The summed E-state index contributed by atoms with van der Waals surface area (Å²) in [6.45, 7) is 5.55. The number of hydrogen-bond donors (Lipinski definition) is 1. The fourth-order valence-corrected chi connectivity index (χ4v) is 3.12. The van der Waals surface area contributed by atoms with Crippen molar-refractivity contribution in [2.75, 3.05) is 39.9 Å². The predicted octanol–water partition coefficient (Wildman–Crippen LogP) is 1.49. The minimum atomic E-state index is 0.742. The standard InChI is InChI=1S/C13H26N2O/c1-16-10-9-15-8-7-14-13(11-15)12-5-3-2-4-6-12/h12-14H,2-11H2,1H3. The van der Waals surface area contributed by atoms with Crippen molar-refractivity contribution in [2.24, 2.45) is 5.92 Å². The maximum atomic E-state index is 5.16. The molecule has 1 N–H and O–H groups in total. The number of ether oxygens (including phenoxy) is 1. The summed E-state index contributed by atoms with van der Waals surface area (Å²) in [4.78, 5) is 2.55. The lowest BCUT2D eigenvalue weighted by Crippen LogP contribution is -2.54. The second-order valence-corrected chi connectivity index (χ2v) is 5.25. The Morgan fingerprint density at radius 2 is 2.06 bits per heavy atom. The van der Waals surface area contributed by atoms with Crippen molar-refractivity contribution in [3.63, 3.8) is 0 Å². The number of piperazine rings is 1. The highest BCUT2D eigenvalue weighted by Gasteiger charge is 2.27. The number of methoxy groups -OCH3 is 1. The Morgan fingerprint density at radius 1 is 1.25 bits per heavy atom. The van der Waals surface area contributed by atoms with Crippen LogP contribution in [-0.4, -0.2) is 50.8 Å². The van der Waals surface area contributed by atoms with E-state index in [1.54, 1.807) is 7.11 Å². The first-order chi connectivity index (χ1) is 7.90. The van der Waals surface area contributed by atoms with Gasteiger partial charge in [-0.1, -0.05) is 19.3 Å². The van der Waals surface area contributed by atoms with E-state index in [4.69, 9.17) is 4.74 Å². The van der Waals surface area contributed by atoms with Crippen LogP contribution < -0.4 is 5.32 Å². The van der Waals surface area contributed by atoms with E-state index >= 15 is 0 Å². The van der Waals surface area contributed by atoms with Gasteiger partial charge in [-0.05, 0) is 18.8 Å². The molecular weight excluding hydrogens is 200 g/mol. The zero-order valence-corrected chi connectivity index (χ0v) is 10.6. The van der Waals surface area contributed by atoms with Crippen molar-refractivity contribution in [2.45, 2.75) is 38.1 Å². The number of nitrogens with one attached hydrogen (secondary N) is 1. The van der Waals surface area contributed by atoms with Crippen LogP contribution in [-0.2, 0) is 4.74 Å². The third-order valence-corrected chi connectivity index (χ3v) is 4.12. The Kier molecular flexibility index (Phi) is 5.07. The molecule has 0 amide bonds. The third kappa shape index (κ3) is 3.44. The Morgan fingerprint density at radius 3 is 2.81 bits per heavy atom. The van der Waals surface area contributed by atoms with Crippen LogP contribution in [0.2, 0.25) is 0 Å². The zero-order chi connectivity index (χ0) is 11.2. The molecule has 1 saturated heterocycles. The average Bonchev–Trinajstić information content (AvgIpc) is 2.38. The molecule has 0 aromatic carbocycles. The van der Waals surface area contributed by atoms with Crippen molar-refractivity contribution in [3.05, 3.63) is 0 Å². The summed E-state index contributed by atoms with van der Waals surface area (Å²) in [7, 11) is 1.79. The molecule has 0 spiro atoms. The summed E-state index contributed by atoms with van der Waals surface area (Å²) in [6.07, 6.45) is 7.23. The molecule has 0 radical (unpaired) electrons. The average molecular weight is 226 g/mol. The van der Waals surface area contributed by atoms with E-state index in [-0.39, 0.29) is 0 Å². The van der Waals surface area contributed by atoms with Crippen LogP contribution in [0.4, 0.5) is 0 Å². The van der Waals surface area contributed by atoms with Gasteiger partial charge in [0.2, 0.25) is 0 Å². The van der Waals surface area contributed by atoms with Crippen molar-refractivity contribution in [3.8, 4) is 0 Å². The summed E-state index contributed by atoms with van der Waals surface area (Å²) in [6, 6.07) is 0.742. The number of rotatable bonds is 4. The molecule has 3 nitrogen and oxygen atoms in total. The van der Waals surface area contributed by atoms with E-state index < -0.39 is 0 Å². The molecule has 0 aromatic heterocycles. The van der Waals surface area contributed by atoms with Gasteiger partial charge >= 0.3 is 0 Å². The minimum absolute atomic E-state index is 0.742. The van der Waals surface area contributed by atoms with Crippen LogP contribution in [0.15, 0.2) is 0 Å². The van der Waals surface area contributed by atoms with E-state index in [0.717, 1.165) is 31.7 Å². The summed E-state index contributed by atoms with van der Waals surface area (Å²) in [5.74, 6) is 0.930. The molecule has 2 fully saturated rings. The first-order valence-electron chi connectivity index (χ1n) is 6.85. The van der Waals surface area contributed by atoms with Gasteiger partial charge in [0.05, 0.1) is 6.61 Å². The maximum Gasteiger partial charge on any atom is 0.0589 e. The van der Waals surface area contributed by atoms with Crippen LogP contribution in [0.1, 0.15) is 32.1 Å². The fraction of sp³-hybridized carbons (Fsp3) is 1.00. The van der Waals surface area contributed by atoms with Gasteiger partial charge in [-0.3, -0.25) is 4.90 Å². The van der Waals surface area contributed by atoms with Gasteiger partial charge in [-0.15, -0.1) is 0 Å². The lowest BCUT2D eigenvalue weighted by Gasteiger charge is -2.39. The molecule has 16 heavy (non-hydrogen) atoms. The molecule has 2 rings (SSSR count). The van der Waals surface area contributed by atoms with Gasteiger partial charge in [0, 0.05) is 39.3 Å². The van der Waals surface area contributed by atoms with E-state index in [9.17, 15) is 0 Å². The van der Waals surface area contributed by atoms with Crippen LogP contribution in [0.5, 0.6) is 0 Å². The fourth-order valence-electron chi connectivity index (χ4n) is 3.12. The molecule has 0 aromatic rings. The smallest absolute Gasteiger partial charge is 0.0589 e. The summed E-state index contributed by atoms with van der Waals surface area (Å²) in [5.41, 5.74) is 0. The largest absolute Gasteiger partial charge is 0.383 e. The summed E-state index contributed by atoms with van der Waals surface area (Å²) >= 11 is 0. The monoisotopic (exact) mass is 226 g/mol. The van der Waals surface area contributed by atoms with Crippen LogP contribution in [0, 0.1) is 5.92 Å². The van der Waals surface area contributed by atoms with Gasteiger partial charge in [-0.2, -0.15) is 0 Å². The molecule has 94 valence electrons. The zero-order valence-electron chi connectivity index (χ0n) is 10.6. The third-order valence-electron chi connectivity index (χ3n) is 4.12. The van der Waals surface area contributed by atoms with Crippen molar-refractivity contribution in [1.82, 2.24) is 10.2 Å². The molecule has 1 atom stereocenters. The SMILES string of the molecule is COCCN1CCNC(C2CCCCC2)C1. The number of nitrogens with zero attached hydrogens (tertiary/aromatic N) is 1. The first-order valence-corrected chi connectivity index (χ1v) is 6.85. The topological polar surface area (TPSA) is 24.5 Å². The second-order valence-electron chi connectivity index (χ2n) is 5.25. The molecular formula is C13H26N2O. The van der Waals surface area contributed by atoms with Gasteiger partial charge in [-0.25, -0.2) is 0 Å². The molecule has 1 aliphatic heterocycles. The maximum absolute atomic E-state index is 5.16.